The Balaban J connectivity index is 2.43. The van der Waals surface area contributed by atoms with Gasteiger partial charge in [0.05, 0.1) is 6.10 Å². The van der Waals surface area contributed by atoms with Crippen molar-refractivity contribution in [1.82, 2.24) is 0 Å². The molecule has 0 unspecified atom stereocenters. The molecule has 13 heavy (non-hydrogen) atoms. The summed E-state index contributed by atoms with van der Waals surface area (Å²) >= 11 is 0. The van der Waals surface area contributed by atoms with Crippen molar-refractivity contribution in [3.63, 3.8) is 0 Å². The van der Waals surface area contributed by atoms with Crippen LogP contribution in [0.25, 0.3) is 0 Å². The standard InChI is InChI=1S/C12H20O/c1-10(2)6-7-12-9-11(3)5-4-8-13-12/h6-7,11-12H,1,4-5,8-9H2,2-3H3/b7-6-/t11-,12+/m0/s1. The zero-order valence-electron chi connectivity index (χ0n) is 8.75. The van der Waals surface area contributed by atoms with E-state index in [1.54, 1.807) is 0 Å². The van der Waals surface area contributed by atoms with E-state index in [-0.39, 0.29) is 0 Å². The minimum absolute atomic E-state index is 0.314. The lowest BCUT2D eigenvalue weighted by Crippen LogP contribution is -2.10. The molecule has 2 atom stereocenters. The molecule has 0 saturated carbocycles. The van der Waals surface area contributed by atoms with Gasteiger partial charge in [0, 0.05) is 6.61 Å². The second-order valence-corrected chi connectivity index (χ2v) is 4.10. The molecule has 0 amide bonds. The van der Waals surface area contributed by atoms with Crippen molar-refractivity contribution >= 4 is 0 Å². The molecule has 0 aromatic heterocycles. The predicted octanol–water partition coefficient (Wildman–Crippen LogP) is 3.32. The monoisotopic (exact) mass is 180 g/mol. The Hall–Kier alpha value is -0.560. The van der Waals surface area contributed by atoms with Crippen LogP contribution in [0.5, 0.6) is 0 Å². The topological polar surface area (TPSA) is 9.23 Å². The zero-order valence-corrected chi connectivity index (χ0v) is 8.75. The van der Waals surface area contributed by atoms with E-state index in [0.717, 1.165) is 24.5 Å². The van der Waals surface area contributed by atoms with Gasteiger partial charge in [0.15, 0.2) is 0 Å². The third-order valence-electron chi connectivity index (χ3n) is 2.40. The maximum absolute atomic E-state index is 5.70. The van der Waals surface area contributed by atoms with Crippen LogP contribution in [-0.4, -0.2) is 12.7 Å². The molecular weight excluding hydrogens is 160 g/mol. The fraction of sp³-hybridized carbons (Fsp3) is 0.667. The van der Waals surface area contributed by atoms with Gasteiger partial charge in [0.25, 0.3) is 0 Å². The molecule has 0 spiro atoms. The maximum atomic E-state index is 5.70. The third-order valence-corrected chi connectivity index (χ3v) is 2.40. The van der Waals surface area contributed by atoms with Crippen LogP contribution in [-0.2, 0) is 4.74 Å². The van der Waals surface area contributed by atoms with E-state index in [2.05, 4.69) is 25.7 Å². The molecule has 0 N–H and O–H groups in total. The van der Waals surface area contributed by atoms with Crippen molar-refractivity contribution in [3.05, 3.63) is 24.3 Å². The highest BCUT2D eigenvalue weighted by Crippen LogP contribution is 2.20. The second-order valence-electron chi connectivity index (χ2n) is 4.10. The van der Waals surface area contributed by atoms with Gasteiger partial charge in [0.1, 0.15) is 0 Å². The fourth-order valence-corrected chi connectivity index (χ4v) is 1.65. The fourth-order valence-electron chi connectivity index (χ4n) is 1.65. The Labute approximate surface area is 81.5 Å². The molecule has 1 saturated heterocycles. The van der Waals surface area contributed by atoms with Crippen molar-refractivity contribution in [2.24, 2.45) is 5.92 Å². The number of rotatable bonds is 2. The van der Waals surface area contributed by atoms with E-state index in [1.807, 2.05) is 6.92 Å². The van der Waals surface area contributed by atoms with E-state index in [0.29, 0.717) is 6.10 Å². The molecule has 1 nitrogen and oxygen atoms in total. The Morgan fingerprint density at radius 3 is 3.00 bits per heavy atom. The van der Waals surface area contributed by atoms with Gasteiger partial charge in [-0.3, -0.25) is 0 Å². The van der Waals surface area contributed by atoms with Crippen molar-refractivity contribution in [3.8, 4) is 0 Å². The van der Waals surface area contributed by atoms with Gasteiger partial charge in [-0.1, -0.05) is 31.2 Å². The van der Waals surface area contributed by atoms with E-state index >= 15 is 0 Å². The van der Waals surface area contributed by atoms with Crippen LogP contribution in [0.4, 0.5) is 0 Å². The van der Waals surface area contributed by atoms with Crippen LogP contribution in [0, 0.1) is 5.92 Å². The Morgan fingerprint density at radius 1 is 1.54 bits per heavy atom. The Kier molecular flexibility index (Phi) is 4.23. The quantitative estimate of drug-likeness (QED) is 0.592. The van der Waals surface area contributed by atoms with Gasteiger partial charge in [-0.15, -0.1) is 0 Å². The van der Waals surface area contributed by atoms with E-state index < -0.39 is 0 Å². The lowest BCUT2D eigenvalue weighted by molar-refractivity contribution is 0.0883. The van der Waals surface area contributed by atoms with Gasteiger partial charge in [-0.05, 0) is 32.1 Å². The average Bonchev–Trinajstić information content (AvgIpc) is 2.26. The highest BCUT2D eigenvalue weighted by molar-refractivity contribution is 5.12. The van der Waals surface area contributed by atoms with Gasteiger partial charge in [-0.2, -0.15) is 0 Å². The molecule has 1 heterocycles. The first-order valence-electron chi connectivity index (χ1n) is 5.14. The smallest absolute Gasteiger partial charge is 0.0761 e. The van der Waals surface area contributed by atoms with Crippen molar-refractivity contribution < 1.29 is 4.74 Å². The number of hydrogen-bond acceptors (Lipinski definition) is 1. The van der Waals surface area contributed by atoms with Crippen molar-refractivity contribution in [1.29, 1.82) is 0 Å². The van der Waals surface area contributed by atoms with Gasteiger partial charge in [-0.25, -0.2) is 0 Å². The van der Waals surface area contributed by atoms with Gasteiger partial charge >= 0.3 is 0 Å². The minimum Gasteiger partial charge on any atom is -0.374 e. The lowest BCUT2D eigenvalue weighted by Gasteiger charge is -2.12. The van der Waals surface area contributed by atoms with Gasteiger partial charge in [0.2, 0.25) is 0 Å². The molecule has 0 aromatic carbocycles. The van der Waals surface area contributed by atoms with Crippen LogP contribution < -0.4 is 0 Å². The number of allylic oxidation sites excluding steroid dienone is 2. The summed E-state index contributed by atoms with van der Waals surface area (Å²) in [5.74, 6) is 0.794. The molecule has 1 rings (SSSR count). The molecule has 1 fully saturated rings. The first kappa shape index (κ1) is 10.5. The average molecular weight is 180 g/mol. The molecule has 1 aliphatic rings. The zero-order chi connectivity index (χ0) is 9.68. The molecule has 0 aliphatic carbocycles. The highest BCUT2D eigenvalue weighted by atomic mass is 16.5. The van der Waals surface area contributed by atoms with Crippen LogP contribution in [0.15, 0.2) is 24.3 Å². The SMILES string of the molecule is C=C(C)/C=C\[C@@H]1C[C@@H](C)CCCO1. The molecule has 1 heteroatoms. The van der Waals surface area contributed by atoms with E-state index in [1.165, 1.54) is 12.8 Å². The summed E-state index contributed by atoms with van der Waals surface area (Å²) < 4.78 is 5.70. The summed E-state index contributed by atoms with van der Waals surface area (Å²) in [4.78, 5) is 0. The van der Waals surface area contributed by atoms with Crippen LogP contribution in [0.1, 0.15) is 33.1 Å². The normalized spacial score (nSPS) is 30.3. The summed E-state index contributed by atoms with van der Waals surface area (Å²) in [6, 6.07) is 0. The van der Waals surface area contributed by atoms with Crippen molar-refractivity contribution in [2.45, 2.75) is 39.2 Å². The molecular formula is C12H20O. The maximum Gasteiger partial charge on any atom is 0.0761 e. The van der Waals surface area contributed by atoms with Crippen LogP contribution in [0.3, 0.4) is 0 Å². The van der Waals surface area contributed by atoms with E-state index in [4.69, 9.17) is 4.74 Å². The number of hydrogen-bond donors (Lipinski definition) is 0. The predicted molar refractivity (Wildman–Crippen MR) is 56.7 cm³/mol. The summed E-state index contributed by atoms with van der Waals surface area (Å²) in [6.07, 6.45) is 8.18. The van der Waals surface area contributed by atoms with Crippen LogP contribution >= 0.6 is 0 Å². The highest BCUT2D eigenvalue weighted by Gasteiger charge is 2.14. The molecule has 1 aliphatic heterocycles. The van der Waals surface area contributed by atoms with Crippen LogP contribution in [0.2, 0.25) is 0 Å². The first-order valence-corrected chi connectivity index (χ1v) is 5.14. The van der Waals surface area contributed by atoms with Crippen molar-refractivity contribution in [2.75, 3.05) is 6.61 Å². The molecule has 74 valence electrons. The summed E-state index contributed by atoms with van der Waals surface area (Å²) in [7, 11) is 0. The molecule has 0 radical (unpaired) electrons. The Bertz CT molecular complexity index is 193. The summed E-state index contributed by atoms with van der Waals surface area (Å²) in [5.41, 5.74) is 1.10. The number of ether oxygens (including phenoxy) is 1. The lowest BCUT2D eigenvalue weighted by atomic mass is 9.99. The van der Waals surface area contributed by atoms with E-state index in [9.17, 15) is 0 Å². The first-order chi connectivity index (χ1) is 6.18. The molecule has 0 aromatic rings. The summed E-state index contributed by atoms with van der Waals surface area (Å²) in [6.45, 7) is 9.06. The second kappa shape index (κ2) is 5.23. The Morgan fingerprint density at radius 2 is 2.31 bits per heavy atom. The minimum atomic E-state index is 0.314. The summed E-state index contributed by atoms with van der Waals surface area (Å²) in [5, 5.41) is 0. The van der Waals surface area contributed by atoms with Gasteiger partial charge < -0.3 is 4.74 Å². The molecule has 0 bridgehead atoms. The largest absolute Gasteiger partial charge is 0.374 e. The third kappa shape index (κ3) is 4.28.